The fraction of sp³-hybridized carbons (Fsp3) is 0.222. The third-order valence-electron chi connectivity index (χ3n) is 3.37. The molecule has 0 heterocycles. The van der Waals surface area contributed by atoms with Crippen molar-refractivity contribution < 1.29 is 23.5 Å². The number of methoxy groups -OCH3 is 2. The third kappa shape index (κ3) is 4.94. The summed E-state index contributed by atoms with van der Waals surface area (Å²) in [6.45, 7) is 1.28. The fourth-order valence-electron chi connectivity index (χ4n) is 2.27. The minimum atomic E-state index is -0.576. The molecule has 0 fully saturated rings. The first-order valence-corrected chi connectivity index (χ1v) is 7.51. The van der Waals surface area contributed by atoms with Gasteiger partial charge in [-0.05, 0) is 35.9 Å². The van der Waals surface area contributed by atoms with Crippen LogP contribution in [0.3, 0.4) is 0 Å². The van der Waals surface area contributed by atoms with Crippen molar-refractivity contribution in [2.45, 2.75) is 13.3 Å². The Morgan fingerprint density at radius 2 is 1.72 bits per heavy atom. The maximum absolute atomic E-state index is 13.6. The van der Waals surface area contributed by atoms with E-state index in [1.54, 1.807) is 18.2 Å². The molecule has 2 aromatic rings. The number of hydrogen-bond donors (Lipinski definition) is 2. The minimum Gasteiger partial charge on any atom is -0.493 e. The largest absolute Gasteiger partial charge is 0.493 e. The van der Waals surface area contributed by atoms with Gasteiger partial charge in [-0.3, -0.25) is 9.59 Å². The van der Waals surface area contributed by atoms with Gasteiger partial charge in [0.25, 0.3) is 0 Å². The lowest BCUT2D eigenvalue weighted by Gasteiger charge is -2.11. The fourth-order valence-corrected chi connectivity index (χ4v) is 2.27. The van der Waals surface area contributed by atoms with Crippen molar-refractivity contribution in [3.05, 3.63) is 47.8 Å². The summed E-state index contributed by atoms with van der Waals surface area (Å²) in [6, 6.07) is 9.15. The predicted octanol–water partition coefficient (Wildman–Crippen LogP) is 2.98. The summed E-state index contributed by atoms with van der Waals surface area (Å²) in [5.74, 6) is -0.152. The maximum atomic E-state index is 13.6. The molecular weight excluding hydrogens is 327 g/mol. The normalized spacial score (nSPS) is 10.1. The molecule has 7 heteroatoms. The van der Waals surface area contributed by atoms with Crippen molar-refractivity contribution in [3.8, 4) is 11.5 Å². The molecule has 0 aromatic heterocycles. The molecule has 25 heavy (non-hydrogen) atoms. The van der Waals surface area contributed by atoms with Crippen molar-refractivity contribution in [1.82, 2.24) is 0 Å². The van der Waals surface area contributed by atoms with Crippen LogP contribution in [0.5, 0.6) is 11.5 Å². The number of rotatable bonds is 6. The molecule has 0 radical (unpaired) electrons. The van der Waals surface area contributed by atoms with Crippen molar-refractivity contribution >= 4 is 23.2 Å². The number of ether oxygens (including phenoxy) is 2. The number of carbonyl (C=O) groups excluding carboxylic acids is 2. The van der Waals surface area contributed by atoms with E-state index >= 15 is 0 Å². The molecule has 2 amide bonds. The molecule has 0 aliphatic heterocycles. The molecule has 0 saturated heterocycles. The highest BCUT2D eigenvalue weighted by molar-refractivity contribution is 5.94. The summed E-state index contributed by atoms with van der Waals surface area (Å²) in [5.41, 5.74) is 1.13. The van der Waals surface area contributed by atoms with Crippen LogP contribution in [0, 0.1) is 5.82 Å². The molecule has 2 N–H and O–H groups in total. The first-order valence-electron chi connectivity index (χ1n) is 7.51. The van der Waals surface area contributed by atoms with Gasteiger partial charge in [-0.1, -0.05) is 6.07 Å². The maximum Gasteiger partial charge on any atom is 0.228 e. The number of carbonyl (C=O) groups is 2. The van der Waals surface area contributed by atoms with Crippen molar-refractivity contribution in [2.75, 3.05) is 24.9 Å². The predicted molar refractivity (Wildman–Crippen MR) is 92.6 cm³/mol. The zero-order valence-electron chi connectivity index (χ0n) is 14.2. The molecule has 2 rings (SSSR count). The highest BCUT2D eigenvalue weighted by Crippen LogP contribution is 2.28. The molecule has 6 nitrogen and oxygen atoms in total. The van der Waals surface area contributed by atoms with Gasteiger partial charge >= 0.3 is 0 Å². The van der Waals surface area contributed by atoms with Gasteiger partial charge in [0.2, 0.25) is 11.8 Å². The van der Waals surface area contributed by atoms with E-state index < -0.39 is 11.7 Å². The summed E-state index contributed by atoms with van der Waals surface area (Å²) >= 11 is 0. The molecule has 0 unspecified atom stereocenters. The minimum absolute atomic E-state index is 0.0106. The molecule has 0 bridgehead atoms. The molecule has 0 aliphatic carbocycles. The summed E-state index contributed by atoms with van der Waals surface area (Å²) in [4.78, 5) is 23.3. The van der Waals surface area contributed by atoms with Crippen LogP contribution in [0.2, 0.25) is 0 Å². The Kier molecular flexibility index (Phi) is 5.94. The Balaban J connectivity index is 2.09. The standard InChI is InChI=1S/C18H19FN2O4/c1-11(22)20-15-10-13(5-6-14(15)19)21-18(23)9-12-4-7-16(24-2)17(8-12)25-3/h4-8,10H,9H2,1-3H3,(H,20,22)(H,21,23). The molecular formula is C18H19FN2O4. The van der Waals surface area contributed by atoms with Gasteiger partial charge in [-0.25, -0.2) is 4.39 Å². The summed E-state index contributed by atoms with van der Waals surface area (Å²) < 4.78 is 24.0. The van der Waals surface area contributed by atoms with Gasteiger partial charge in [0, 0.05) is 12.6 Å². The summed E-state index contributed by atoms with van der Waals surface area (Å²) in [6.07, 6.45) is 0.104. The average molecular weight is 346 g/mol. The second-order valence-electron chi connectivity index (χ2n) is 5.29. The van der Waals surface area contributed by atoms with Crippen LogP contribution >= 0.6 is 0 Å². The smallest absolute Gasteiger partial charge is 0.228 e. The van der Waals surface area contributed by atoms with Crippen LogP contribution in [0.1, 0.15) is 12.5 Å². The van der Waals surface area contributed by atoms with E-state index in [1.165, 1.54) is 39.3 Å². The molecule has 0 saturated carbocycles. The number of benzene rings is 2. The zero-order valence-corrected chi connectivity index (χ0v) is 14.2. The monoisotopic (exact) mass is 346 g/mol. The molecule has 2 aromatic carbocycles. The lowest BCUT2D eigenvalue weighted by Crippen LogP contribution is -2.15. The Labute approximate surface area is 144 Å². The Morgan fingerprint density at radius 1 is 1.00 bits per heavy atom. The van der Waals surface area contributed by atoms with E-state index in [1.807, 2.05) is 0 Å². The van der Waals surface area contributed by atoms with Crippen LogP contribution in [-0.4, -0.2) is 26.0 Å². The zero-order chi connectivity index (χ0) is 18.4. The Hall–Kier alpha value is -3.09. The molecule has 0 spiro atoms. The van der Waals surface area contributed by atoms with Gasteiger partial charge in [-0.2, -0.15) is 0 Å². The SMILES string of the molecule is COc1ccc(CC(=O)Nc2ccc(F)c(NC(C)=O)c2)cc1OC. The highest BCUT2D eigenvalue weighted by atomic mass is 19.1. The second kappa shape index (κ2) is 8.14. The topological polar surface area (TPSA) is 76.7 Å². The van der Waals surface area contributed by atoms with Crippen molar-refractivity contribution in [1.29, 1.82) is 0 Å². The van der Waals surface area contributed by atoms with E-state index in [2.05, 4.69) is 10.6 Å². The average Bonchev–Trinajstić information content (AvgIpc) is 2.57. The number of halogens is 1. The van der Waals surface area contributed by atoms with Crippen LogP contribution in [-0.2, 0) is 16.0 Å². The van der Waals surface area contributed by atoms with Gasteiger partial charge < -0.3 is 20.1 Å². The van der Waals surface area contributed by atoms with E-state index in [4.69, 9.17) is 9.47 Å². The lowest BCUT2D eigenvalue weighted by molar-refractivity contribution is -0.115. The first-order chi connectivity index (χ1) is 11.9. The molecule has 132 valence electrons. The van der Waals surface area contributed by atoms with Crippen LogP contribution < -0.4 is 20.1 Å². The van der Waals surface area contributed by atoms with E-state index in [-0.39, 0.29) is 18.0 Å². The van der Waals surface area contributed by atoms with Gasteiger partial charge in [0.15, 0.2) is 11.5 Å². The first kappa shape index (κ1) is 18.3. The number of anilines is 2. The van der Waals surface area contributed by atoms with Crippen LogP contribution in [0.25, 0.3) is 0 Å². The summed E-state index contributed by atoms with van der Waals surface area (Å²) in [7, 11) is 3.05. The highest BCUT2D eigenvalue weighted by Gasteiger charge is 2.10. The van der Waals surface area contributed by atoms with E-state index in [0.29, 0.717) is 17.2 Å². The molecule has 0 atom stereocenters. The van der Waals surface area contributed by atoms with Crippen molar-refractivity contribution in [3.63, 3.8) is 0 Å². The third-order valence-corrected chi connectivity index (χ3v) is 3.37. The number of nitrogens with one attached hydrogen (secondary N) is 2. The van der Waals surface area contributed by atoms with Gasteiger partial charge in [0.1, 0.15) is 5.82 Å². The van der Waals surface area contributed by atoms with Gasteiger partial charge in [-0.15, -0.1) is 0 Å². The van der Waals surface area contributed by atoms with Crippen molar-refractivity contribution in [2.24, 2.45) is 0 Å². The Morgan fingerprint density at radius 3 is 2.36 bits per heavy atom. The Bertz CT molecular complexity index is 793. The van der Waals surface area contributed by atoms with E-state index in [0.717, 1.165) is 5.56 Å². The second-order valence-corrected chi connectivity index (χ2v) is 5.29. The van der Waals surface area contributed by atoms with E-state index in [9.17, 15) is 14.0 Å². The lowest BCUT2D eigenvalue weighted by atomic mass is 10.1. The molecule has 0 aliphatic rings. The number of amides is 2. The van der Waals surface area contributed by atoms with Crippen LogP contribution in [0.4, 0.5) is 15.8 Å². The van der Waals surface area contributed by atoms with Gasteiger partial charge in [0.05, 0.1) is 26.3 Å². The van der Waals surface area contributed by atoms with Crippen LogP contribution in [0.15, 0.2) is 36.4 Å². The quantitative estimate of drug-likeness (QED) is 0.843. The summed E-state index contributed by atoms with van der Waals surface area (Å²) in [5, 5.41) is 5.04. The number of hydrogen-bond acceptors (Lipinski definition) is 4.